The molecule has 14 nitrogen and oxygen atoms in total. The van der Waals surface area contributed by atoms with Gasteiger partial charge in [0.25, 0.3) is 0 Å². The SMILES string of the molecule is CCCCN(Cc1ncc(-c2ccc(-c3ccc4cc(-c5cnc([C@]6(C)CCCN6C(=O)[C@@H](NC(=O)OC)C(C)C)[nH]5)ccc4c3)cc2)[nH]1)C(=O)[C@@H](NC(=O)OC)C(C)C. The number of alkyl carbamates (subject to hydrolysis) is 2. The van der Waals surface area contributed by atoms with Gasteiger partial charge in [0.05, 0.1) is 50.1 Å². The molecule has 3 aromatic carbocycles. The third kappa shape index (κ3) is 9.48. The second-order valence-corrected chi connectivity index (χ2v) is 16.4. The number of carbonyl (C=O) groups excluding carboxylic acids is 4. The van der Waals surface area contributed by atoms with Crippen molar-refractivity contribution in [1.29, 1.82) is 0 Å². The number of nitrogens with zero attached hydrogens (tertiary/aromatic N) is 4. The molecule has 0 bridgehead atoms. The number of carbonyl (C=O) groups is 4. The lowest BCUT2D eigenvalue weighted by atomic mass is 9.95. The minimum absolute atomic E-state index is 0.121. The zero-order valence-electron chi connectivity index (χ0n) is 35.9. The van der Waals surface area contributed by atoms with E-state index in [-0.39, 0.29) is 23.7 Å². The zero-order chi connectivity index (χ0) is 43.1. The largest absolute Gasteiger partial charge is 0.453 e. The molecule has 3 heterocycles. The van der Waals surface area contributed by atoms with Gasteiger partial charge in [-0.05, 0) is 77.6 Å². The van der Waals surface area contributed by atoms with E-state index in [1.165, 1.54) is 14.2 Å². The summed E-state index contributed by atoms with van der Waals surface area (Å²) in [6.45, 7) is 13.1. The van der Waals surface area contributed by atoms with Gasteiger partial charge in [-0.25, -0.2) is 19.6 Å². The maximum atomic E-state index is 13.8. The first kappa shape index (κ1) is 43.4. The summed E-state index contributed by atoms with van der Waals surface area (Å²) in [6.07, 6.45) is 5.67. The number of rotatable bonds is 15. The molecule has 0 unspecified atom stereocenters. The van der Waals surface area contributed by atoms with Gasteiger partial charge in [0, 0.05) is 18.7 Å². The number of unbranched alkanes of at least 4 members (excludes halogenated alkanes) is 1. The van der Waals surface area contributed by atoms with E-state index >= 15 is 0 Å². The highest BCUT2D eigenvalue weighted by atomic mass is 16.5. The molecule has 4 N–H and O–H groups in total. The standard InChI is InChI=1S/C46H58N8O6/c1-9-10-21-53(41(55)39(28(2)3)51-44(57)59-7)27-38-47-25-36(49-38)31-14-12-30(13-15-31)32-16-17-34-24-35(19-18-33(34)23-32)37-26-48-43(50-37)46(6)20-11-22-54(46)42(56)40(29(4)5)52-45(58)60-8/h12-19,23-26,28-29,39-40H,9-11,20-22,27H2,1-8H3,(H,47,49)(H,48,50)(H,51,57)(H,52,58)/t39-,40-,46-/m0/s1. The normalized spacial score (nSPS) is 16.2. The van der Waals surface area contributed by atoms with E-state index in [1.807, 2.05) is 45.7 Å². The molecule has 4 amide bonds. The van der Waals surface area contributed by atoms with Crippen molar-refractivity contribution in [3.8, 4) is 33.6 Å². The third-order valence-corrected chi connectivity index (χ3v) is 11.5. The maximum absolute atomic E-state index is 13.8. The van der Waals surface area contributed by atoms with Crippen molar-refractivity contribution in [3.05, 3.63) is 84.7 Å². The van der Waals surface area contributed by atoms with Crippen LogP contribution in [0.2, 0.25) is 0 Å². The van der Waals surface area contributed by atoms with Crippen molar-refractivity contribution in [2.75, 3.05) is 27.3 Å². The van der Waals surface area contributed by atoms with Crippen LogP contribution in [0.1, 0.15) is 78.9 Å². The number of ether oxygens (including phenoxy) is 2. The Morgan fingerprint density at radius 3 is 1.98 bits per heavy atom. The molecule has 318 valence electrons. The summed E-state index contributed by atoms with van der Waals surface area (Å²) in [4.78, 5) is 71.3. The second kappa shape index (κ2) is 18.8. The van der Waals surface area contributed by atoms with Crippen LogP contribution >= 0.6 is 0 Å². The van der Waals surface area contributed by atoms with Crippen molar-refractivity contribution in [2.24, 2.45) is 11.8 Å². The Morgan fingerprint density at radius 2 is 1.35 bits per heavy atom. The number of fused-ring (bicyclic) bond motifs is 1. The Kier molecular flexibility index (Phi) is 13.6. The first-order chi connectivity index (χ1) is 28.8. The number of nitrogens with one attached hydrogen (secondary N) is 4. The summed E-state index contributed by atoms with van der Waals surface area (Å²) in [5.41, 5.74) is 5.16. The second-order valence-electron chi connectivity index (χ2n) is 16.4. The lowest BCUT2D eigenvalue weighted by Gasteiger charge is -2.37. The van der Waals surface area contributed by atoms with E-state index in [2.05, 4.69) is 93.2 Å². The van der Waals surface area contributed by atoms with Gasteiger partial charge in [-0.2, -0.15) is 0 Å². The van der Waals surface area contributed by atoms with Gasteiger partial charge < -0.3 is 39.9 Å². The average Bonchev–Trinajstić information content (AvgIpc) is 4.03. The van der Waals surface area contributed by atoms with Crippen molar-refractivity contribution in [2.45, 2.75) is 91.4 Å². The highest BCUT2D eigenvalue weighted by Crippen LogP contribution is 2.39. The number of hydrogen-bond donors (Lipinski definition) is 4. The molecule has 2 aromatic heterocycles. The molecule has 1 fully saturated rings. The molecule has 3 atom stereocenters. The number of methoxy groups -OCH3 is 2. The number of aromatic amines is 2. The number of benzene rings is 3. The molecule has 1 aliphatic rings. The quantitative estimate of drug-likeness (QED) is 0.0822. The van der Waals surface area contributed by atoms with E-state index in [9.17, 15) is 19.2 Å². The zero-order valence-corrected chi connectivity index (χ0v) is 35.9. The van der Waals surface area contributed by atoms with Crippen molar-refractivity contribution >= 4 is 34.8 Å². The van der Waals surface area contributed by atoms with Gasteiger partial charge in [0.15, 0.2) is 0 Å². The fraction of sp³-hybridized carbons (Fsp3) is 0.435. The monoisotopic (exact) mass is 818 g/mol. The lowest BCUT2D eigenvalue weighted by molar-refractivity contribution is -0.138. The van der Waals surface area contributed by atoms with Gasteiger partial charge in [0.2, 0.25) is 11.8 Å². The predicted molar refractivity (Wildman–Crippen MR) is 232 cm³/mol. The number of imidazole rings is 2. The molecule has 1 aliphatic heterocycles. The van der Waals surface area contributed by atoms with Crippen LogP contribution < -0.4 is 10.6 Å². The first-order valence-electron chi connectivity index (χ1n) is 20.8. The number of hydrogen-bond acceptors (Lipinski definition) is 8. The third-order valence-electron chi connectivity index (χ3n) is 11.5. The van der Waals surface area contributed by atoms with Gasteiger partial charge in [-0.15, -0.1) is 0 Å². The Bertz CT molecular complexity index is 2300. The topological polar surface area (TPSA) is 175 Å². The number of aromatic nitrogens is 4. The van der Waals surface area contributed by atoms with E-state index in [1.54, 1.807) is 11.1 Å². The Balaban J connectivity index is 1.14. The molecule has 0 radical (unpaired) electrons. The summed E-state index contributed by atoms with van der Waals surface area (Å²) in [5, 5.41) is 7.59. The van der Waals surface area contributed by atoms with Crippen LogP contribution in [0.15, 0.2) is 73.1 Å². The molecule has 1 saturated heterocycles. The molecule has 14 heteroatoms. The molecule has 60 heavy (non-hydrogen) atoms. The average molecular weight is 819 g/mol. The summed E-state index contributed by atoms with van der Waals surface area (Å²) >= 11 is 0. The summed E-state index contributed by atoms with van der Waals surface area (Å²) in [6, 6.07) is 19.6. The summed E-state index contributed by atoms with van der Waals surface area (Å²) in [5.74, 6) is 0.810. The summed E-state index contributed by atoms with van der Waals surface area (Å²) in [7, 11) is 2.58. The first-order valence-corrected chi connectivity index (χ1v) is 20.8. The van der Waals surface area contributed by atoms with E-state index in [0.717, 1.165) is 70.1 Å². The molecule has 0 spiro atoms. The molecule has 6 rings (SSSR count). The van der Waals surface area contributed by atoms with Crippen LogP contribution in [0.5, 0.6) is 0 Å². The van der Waals surface area contributed by atoms with E-state index in [0.29, 0.717) is 31.3 Å². The lowest BCUT2D eigenvalue weighted by Crippen LogP contribution is -2.55. The van der Waals surface area contributed by atoms with Crippen LogP contribution in [-0.4, -0.2) is 93.1 Å². The predicted octanol–water partition coefficient (Wildman–Crippen LogP) is 8.01. The Labute approximate surface area is 351 Å². The fourth-order valence-corrected chi connectivity index (χ4v) is 7.89. The Morgan fingerprint density at radius 1 is 0.783 bits per heavy atom. The molecular formula is C46H58N8O6. The fourth-order valence-electron chi connectivity index (χ4n) is 7.89. The van der Waals surface area contributed by atoms with Crippen molar-refractivity contribution in [3.63, 3.8) is 0 Å². The van der Waals surface area contributed by atoms with Gasteiger partial charge in [0.1, 0.15) is 23.7 Å². The van der Waals surface area contributed by atoms with Crippen LogP contribution in [0.25, 0.3) is 44.4 Å². The van der Waals surface area contributed by atoms with Gasteiger partial charge >= 0.3 is 12.2 Å². The number of H-pyrrole nitrogens is 2. The highest BCUT2D eigenvalue weighted by molar-refractivity contribution is 5.91. The molecular weight excluding hydrogens is 761 g/mol. The van der Waals surface area contributed by atoms with Crippen molar-refractivity contribution < 1.29 is 28.7 Å². The van der Waals surface area contributed by atoms with Crippen molar-refractivity contribution in [1.82, 2.24) is 40.4 Å². The number of amides is 4. The van der Waals surface area contributed by atoms with Crippen LogP contribution in [0, 0.1) is 11.8 Å². The number of likely N-dealkylation sites (tertiary alicyclic amines) is 1. The van der Waals surface area contributed by atoms with Crippen LogP contribution in [0.3, 0.4) is 0 Å². The Hall–Kier alpha value is -6.18. The van der Waals surface area contributed by atoms with Gasteiger partial charge in [-0.1, -0.05) is 89.6 Å². The highest BCUT2D eigenvalue weighted by Gasteiger charge is 2.46. The van der Waals surface area contributed by atoms with E-state index < -0.39 is 29.8 Å². The molecule has 5 aromatic rings. The van der Waals surface area contributed by atoms with Gasteiger partial charge in [-0.3, -0.25) is 9.59 Å². The summed E-state index contributed by atoms with van der Waals surface area (Å²) < 4.78 is 9.56. The maximum Gasteiger partial charge on any atom is 0.407 e. The van der Waals surface area contributed by atoms with Crippen LogP contribution in [-0.2, 0) is 31.1 Å². The minimum atomic E-state index is -0.711. The molecule has 0 aliphatic carbocycles. The smallest absolute Gasteiger partial charge is 0.407 e. The van der Waals surface area contributed by atoms with Crippen LogP contribution in [0.4, 0.5) is 9.59 Å². The minimum Gasteiger partial charge on any atom is -0.453 e. The molecule has 0 saturated carbocycles. The van der Waals surface area contributed by atoms with E-state index in [4.69, 9.17) is 14.5 Å².